The van der Waals surface area contributed by atoms with Gasteiger partial charge in [-0.1, -0.05) is 54.6 Å². The van der Waals surface area contributed by atoms with E-state index in [4.69, 9.17) is 5.73 Å². The van der Waals surface area contributed by atoms with Crippen molar-refractivity contribution >= 4 is 5.91 Å². The molecule has 2 aromatic rings. The average Bonchev–Trinajstić information content (AvgIpc) is 2.54. The topological polar surface area (TPSA) is 46.3 Å². The molecule has 0 aromatic heterocycles. The van der Waals surface area contributed by atoms with E-state index in [9.17, 15) is 4.79 Å². The number of benzene rings is 2. The smallest absolute Gasteiger partial charge is 0.229 e. The van der Waals surface area contributed by atoms with Crippen molar-refractivity contribution in [3.63, 3.8) is 0 Å². The van der Waals surface area contributed by atoms with Gasteiger partial charge in [0, 0.05) is 20.1 Å². The Hall–Kier alpha value is -2.13. The molecule has 0 heterocycles. The summed E-state index contributed by atoms with van der Waals surface area (Å²) in [6, 6.07) is 17.9. The fourth-order valence-electron chi connectivity index (χ4n) is 2.46. The van der Waals surface area contributed by atoms with Gasteiger partial charge < -0.3 is 10.6 Å². The first-order chi connectivity index (χ1) is 10.1. The molecule has 0 bridgehead atoms. The molecule has 0 aliphatic carbocycles. The Morgan fingerprint density at radius 3 is 2.24 bits per heavy atom. The molecular formula is C18H22N2O. The highest BCUT2D eigenvalue weighted by molar-refractivity contribution is 5.83. The van der Waals surface area contributed by atoms with Crippen molar-refractivity contribution in [2.75, 3.05) is 7.05 Å². The standard InChI is InChI=1S/C18H22N2O/c1-14(15-8-4-3-5-9-15)18(21)20(2)13-17-11-7-6-10-16(17)12-19/h3-11,14H,12-13,19H2,1-2H3. The molecule has 2 N–H and O–H groups in total. The summed E-state index contributed by atoms with van der Waals surface area (Å²) in [5.74, 6) is -0.0192. The highest BCUT2D eigenvalue weighted by Gasteiger charge is 2.19. The largest absolute Gasteiger partial charge is 0.341 e. The van der Waals surface area contributed by atoms with Gasteiger partial charge in [0.15, 0.2) is 0 Å². The van der Waals surface area contributed by atoms with E-state index in [-0.39, 0.29) is 11.8 Å². The van der Waals surface area contributed by atoms with Gasteiger partial charge in [-0.3, -0.25) is 4.79 Å². The van der Waals surface area contributed by atoms with Gasteiger partial charge in [-0.05, 0) is 23.6 Å². The molecule has 0 fully saturated rings. The van der Waals surface area contributed by atoms with Gasteiger partial charge in [0.2, 0.25) is 5.91 Å². The lowest BCUT2D eigenvalue weighted by molar-refractivity contribution is -0.131. The van der Waals surface area contributed by atoms with E-state index in [1.54, 1.807) is 4.90 Å². The minimum atomic E-state index is -0.138. The first-order valence-corrected chi connectivity index (χ1v) is 7.20. The number of nitrogens with zero attached hydrogens (tertiary/aromatic N) is 1. The Balaban J connectivity index is 2.09. The van der Waals surface area contributed by atoms with Crippen molar-refractivity contribution in [1.82, 2.24) is 4.90 Å². The van der Waals surface area contributed by atoms with E-state index < -0.39 is 0 Å². The van der Waals surface area contributed by atoms with Crippen LogP contribution < -0.4 is 5.73 Å². The van der Waals surface area contributed by atoms with Crippen LogP contribution in [0.3, 0.4) is 0 Å². The lowest BCUT2D eigenvalue weighted by Crippen LogP contribution is -2.30. The van der Waals surface area contributed by atoms with Crippen LogP contribution in [0.15, 0.2) is 54.6 Å². The van der Waals surface area contributed by atoms with Gasteiger partial charge in [0.25, 0.3) is 0 Å². The van der Waals surface area contributed by atoms with Crippen LogP contribution in [0.1, 0.15) is 29.5 Å². The number of hydrogen-bond acceptors (Lipinski definition) is 2. The second-order valence-electron chi connectivity index (χ2n) is 5.30. The Morgan fingerprint density at radius 1 is 1.05 bits per heavy atom. The SMILES string of the molecule is CC(C(=O)N(C)Cc1ccccc1CN)c1ccccc1. The summed E-state index contributed by atoms with van der Waals surface area (Å²) >= 11 is 0. The molecule has 1 unspecified atom stereocenters. The highest BCUT2D eigenvalue weighted by atomic mass is 16.2. The number of carbonyl (C=O) groups excluding carboxylic acids is 1. The van der Waals surface area contributed by atoms with Gasteiger partial charge in [-0.25, -0.2) is 0 Å². The van der Waals surface area contributed by atoms with Crippen molar-refractivity contribution in [2.24, 2.45) is 5.73 Å². The molecule has 0 aliphatic heterocycles. The zero-order valence-corrected chi connectivity index (χ0v) is 12.6. The number of nitrogens with two attached hydrogens (primary N) is 1. The Kier molecular flexibility index (Phi) is 5.12. The van der Waals surface area contributed by atoms with Crippen LogP contribution in [0.4, 0.5) is 0 Å². The molecular weight excluding hydrogens is 260 g/mol. The molecule has 2 aromatic carbocycles. The lowest BCUT2D eigenvalue weighted by Gasteiger charge is -2.23. The van der Waals surface area contributed by atoms with Gasteiger partial charge >= 0.3 is 0 Å². The molecule has 110 valence electrons. The summed E-state index contributed by atoms with van der Waals surface area (Å²) in [5, 5.41) is 0. The Morgan fingerprint density at radius 2 is 1.62 bits per heavy atom. The number of hydrogen-bond donors (Lipinski definition) is 1. The average molecular weight is 282 g/mol. The monoisotopic (exact) mass is 282 g/mol. The van der Waals surface area contributed by atoms with E-state index in [1.165, 1.54) is 0 Å². The van der Waals surface area contributed by atoms with Crippen LogP contribution in [-0.2, 0) is 17.9 Å². The van der Waals surface area contributed by atoms with E-state index in [0.29, 0.717) is 13.1 Å². The summed E-state index contributed by atoms with van der Waals surface area (Å²) < 4.78 is 0. The quantitative estimate of drug-likeness (QED) is 0.916. The molecule has 0 saturated heterocycles. The third-order valence-corrected chi connectivity index (χ3v) is 3.79. The maximum atomic E-state index is 12.5. The highest BCUT2D eigenvalue weighted by Crippen LogP contribution is 2.19. The van der Waals surface area contributed by atoms with Crippen molar-refractivity contribution in [3.05, 3.63) is 71.3 Å². The number of rotatable bonds is 5. The van der Waals surface area contributed by atoms with Crippen LogP contribution in [-0.4, -0.2) is 17.9 Å². The van der Waals surface area contributed by atoms with E-state index >= 15 is 0 Å². The van der Waals surface area contributed by atoms with Crippen LogP contribution >= 0.6 is 0 Å². The number of amides is 1. The third-order valence-electron chi connectivity index (χ3n) is 3.79. The van der Waals surface area contributed by atoms with Crippen LogP contribution in [0.5, 0.6) is 0 Å². The van der Waals surface area contributed by atoms with Gasteiger partial charge in [0.05, 0.1) is 5.92 Å². The second-order valence-corrected chi connectivity index (χ2v) is 5.30. The number of carbonyl (C=O) groups is 1. The first kappa shape index (κ1) is 15.3. The van der Waals surface area contributed by atoms with Crippen LogP contribution in [0, 0.1) is 0 Å². The Labute approximate surface area is 126 Å². The molecule has 2 rings (SSSR count). The predicted molar refractivity (Wildman–Crippen MR) is 85.7 cm³/mol. The minimum absolute atomic E-state index is 0.119. The zero-order valence-electron chi connectivity index (χ0n) is 12.6. The predicted octanol–water partition coefficient (Wildman–Crippen LogP) is 2.91. The van der Waals surface area contributed by atoms with Gasteiger partial charge in [-0.2, -0.15) is 0 Å². The third kappa shape index (κ3) is 3.70. The summed E-state index contributed by atoms with van der Waals surface area (Å²) in [6.45, 7) is 3.03. The summed E-state index contributed by atoms with van der Waals surface area (Å²) in [7, 11) is 1.84. The van der Waals surface area contributed by atoms with Gasteiger partial charge in [-0.15, -0.1) is 0 Å². The normalized spacial score (nSPS) is 12.0. The van der Waals surface area contributed by atoms with Crippen LogP contribution in [0.25, 0.3) is 0 Å². The van der Waals surface area contributed by atoms with E-state index in [0.717, 1.165) is 16.7 Å². The molecule has 1 atom stereocenters. The molecule has 0 saturated carbocycles. The minimum Gasteiger partial charge on any atom is -0.341 e. The Bertz CT molecular complexity index is 595. The molecule has 0 aliphatic rings. The first-order valence-electron chi connectivity index (χ1n) is 7.20. The van der Waals surface area contributed by atoms with Crippen molar-refractivity contribution in [3.8, 4) is 0 Å². The molecule has 0 spiro atoms. The lowest BCUT2D eigenvalue weighted by atomic mass is 9.99. The summed E-state index contributed by atoms with van der Waals surface area (Å²) in [6.07, 6.45) is 0. The van der Waals surface area contributed by atoms with Crippen molar-refractivity contribution in [1.29, 1.82) is 0 Å². The molecule has 21 heavy (non-hydrogen) atoms. The molecule has 3 heteroatoms. The number of likely N-dealkylation sites (N-methyl/N-ethyl adjacent to an activating group) is 1. The maximum Gasteiger partial charge on any atom is 0.229 e. The van der Waals surface area contributed by atoms with Crippen molar-refractivity contribution < 1.29 is 4.79 Å². The zero-order chi connectivity index (χ0) is 15.2. The summed E-state index contributed by atoms with van der Waals surface area (Å²) in [5.41, 5.74) is 8.99. The molecule has 0 radical (unpaired) electrons. The maximum absolute atomic E-state index is 12.5. The fraction of sp³-hybridized carbons (Fsp3) is 0.278. The molecule has 1 amide bonds. The van der Waals surface area contributed by atoms with Crippen LogP contribution in [0.2, 0.25) is 0 Å². The van der Waals surface area contributed by atoms with E-state index in [1.807, 2.05) is 68.6 Å². The van der Waals surface area contributed by atoms with Crippen molar-refractivity contribution in [2.45, 2.75) is 25.9 Å². The van der Waals surface area contributed by atoms with E-state index in [2.05, 4.69) is 0 Å². The summed E-state index contributed by atoms with van der Waals surface area (Å²) in [4.78, 5) is 14.3. The fourth-order valence-corrected chi connectivity index (χ4v) is 2.46. The van der Waals surface area contributed by atoms with Gasteiger partial charge in [0.1, 0.15) is 0 Å². The molecule has 3 nitrogen and oxygen atoms in total. The second kappa shape index (κ2) is 7.04.